The summed E-state index contributed by atoms with van der Waals surface area (Å²) in [7, 11) is 1.73. The van der Waals surface area contributed by atoms with Crippen LogP contribution in [0.2, 0.25) is 0 Å². The predicted molar refractivity (Wildman–Crippen MR) is 71.3 cm³/mol. The summed E-state index contributed by atoms with van der Waals surface area (Å²) < 4.78 is 4.59. The van der Waals surface area contributed by atoms with E-state index in [0.717, 1.165) is 5.69 Å². The second kappa shape index (κ2) is 7.25. The molecule has 7 nitrogen and oxygen atoms in total. The van der Waals surface area contributed by atoms with Crippen LogP contribution in [-0.4, -0.2) is 36.1 Å². The molecule has 4 N–H and O–H groups in total. The molecule has 0 amide bonds. The van der Waals surface area contributed by atoms with Crippen LogP contribution >= 0.6 is 0 Å². The molecule has 0 saturated carbocycles. The average Bonchev–Trinajstić information content (AvgIpc) is 2.44. The van der Waals surface area contributed by atoms with Crippen molar-refractivity contribution < 1.29 is 24.2 Å². The van der Waals surface area contributed by atoms with Gasteiger partial charge in [-0.15, -0.1) is 0 Å². The fourth-order valence-electron chi connectivity index (χ4n) is 1.40. The fraction of sp³-hybridized carbons (Fsp3) is 0.308. The van der Waals surface area contributed by atoms with Crippen LogP contribution in [0.1, 0.15) is 23.2 Å². The van der Waals surface area contributed by atoms with Crippen molar-refractivity contribution in [3.63, 3.8) is 0 Å². The van der Waals surface area contributed by atoms with Crippen LogP contribution in [0.15, 0.2) is 24.3 Å². The summed E-state index contributed by atoms with van der Waals surface area (Å²) in [5.41, 5.74) is 6.46. The number of rotatable bonds is 6. The minimum atomic E-state index is -1.13. The van der Waals surface area contributed by atoms with E-state index in [2.05, 4.69) is 10.1 Å². The summed E-state index contributed by atoms with van der Waals surface area (Å²) in [6.07, 6.45) is -0.346. The summed E-state index contributed by atoms with van der Waals surface area (Å²) in [5, 5.41) is 11.4. The summed E-state index contributed by atoms with van der Waals surface area (Å²) in [4.78, 5) is 33.5. The summed E-state index contributed by atoms with van der Waals surface area (Å²) >= 11 is 0. The van der Waals surface area contributed by atoms with Crippen LogP contribution in [0.5, 0.6) is 0 Å². The molecule has 0 heterocycles. The minimum Gasteiger partial charge on any atom is -0.481 e. The molecule has 0 bridgehead atoms. The van der Waals surface area contributed by atoms with Gasteiger partial charge in [0.25, 0.3) is 0 Å². The number of hydrogen-bond acceptors (Lipinski definition) is 6. The van der Waals surface area contributed by atoms with Crippen LogP contribution < -0.4 is 11.1 Å². The Kier molecular flexibility index (Phi) is 5.67. The van der Waals surface area contributed by atoms with Crippen molar-refractivity contribution in [2.45, 2.75) is 18.9 Å². The first kappa shape index (κ1) is 15.6. The maximum atomic E-state index is 11.7. The van der Waals surface area contributed by atoms with E-state index in [-0.39, 0.29) is 18.4 Å². The molecule has 1 atom stereocenters. The van der Waals surface area contributed by atoms with Gasteiger partial charge < -0.3 is 20.9 Å². The average molecular weight is 280 g/mol. The number of benzene rings is 1. The van der Waals surface area contributed by atoms with Gasteiger partial charge >= 0.3 is 17.9 Å². The zero-order valence-electron chi connectivity index (χ0n) is 11.0. The number of esters is 2. The molecule has 1 unspecified atom stereocenters. The number of aliphatic carboxylic acids is 1. The smallest absolute Gasteiger partial charge is 0.345 e. The molecule has 0 radical (unpaired) electrons. The predicted octanol–water partition coefficient (Wildman–Crippen LogP) is 0.604. The topological polar surface area (TPSA) is 119 Å². The van der Waals surface area contributed by atoms with E-state index in [0.29, 0.717) is 0 Å². The molecule has 0 aromatic heterocycles. The Hall–Kier alpha value is -2.41. The van der Waals surface area contributed by atoms with Crippen LogP contribution in [0.25, 0.3) is 0 Å². The normalized spacial score (nSPS) is 11.5. The molecule has 1 aromatic carbocycles. The van der Waals surface area contributed by atoms with Crippen LogP contribution in [0.3, 0.4) is 0 Å². The molecule has 0 fully saturated rings. The van der Waals surface area contributed by atoms with Crippen molar-refractivity contribution in [1.29, 1.82) is 0 Å². The molecule has 0 aliphatic rings. The van der Waals surface area contributed by atoms with Gasteiger partial charge in [0.2, 0.25) is 0 Å². The first-order chi connectivity index (χ1) is 9.43. The number of ether oxygens (including phenoxy) is 1. The molecule has 1 aromatic rings. The van der Waals surface area contributed by atoms with Crippen molar-refractivity contribution in [3.8, 4) is 0 Å². The lowest BCUT2D eigenvalue weighted by atomic mass is 10.1. The molecular formula is C13H16N2O5. The summed E-state index contributed by atoms with van der Waals surface area (Å²) in [5.74, 6) is -2.82. The molecule has 0 aliphatic heterocycles. The highest BCUT2D eigenvalue weighted by molar-refractivity contribution is 5.98. The number of nitrogens with two attached hydrogens (primary N) is 1. The van der Waals surface area contributed by atoms with Crippen LogP contribution in [-0.2, 0) is 14.3 Å². The van der Waals surface area contributed by atoms with Crippen molar-refractivity contribution in [1.82, 2.24) is 0 Å². The van der Waals surface area contributed by atoms with E-state index >= 15 is 0 Å². The number of nitrogens with one attached hydrogen (secondary N) is 1. The standard InChI is InChI=1S/C13H16N2O5/c1-15-9-4-2-8(3-5-9)12(18)20-13(19)10(14)6-7-11(16)17/h2-5,10,15H,6-7,14H2,1H3,(H,16,17). The number of anilines is 1. The Morgan fingerprint density at radius 2 is 1.90 bits per heavy atom. The Balaban J connectivity index is 2.55. The van der Waals surface area contributed by atoms with Gasteiger partial charge in [-0.1, -0.05) is 0 Å². The highest BCUT2D eigenvalue weighted by Gasteiger charge is 2.20. The van der Waals surface area contributed by atoms with Crippen molar-refractivity contribution >= 4 is 23.6 Å². The minimum absolute atomic E-state index is 0.0832. The zero-order valence-corrected chi connectivity index (χ0v) is 11.0. The Bertz CT molecular complexity index is 498. The van der Waals surface area contributed by atoms with Gasteiger partial charge in [-0.25, -0.2) is 9.59 Å². The van der Waals surface area contributed by atoms with E-state index in [9.17, 15) is 14.4 Å². The van der Waals surface area contributed by atoms with Crippen LogP contribution in [0.4, 0.5) is 5.69 Å². The monoisotopic (exact) mass is 280 g/mol. The van der Waals surface area contributed by atoms with Gasteiger partial charge in [0.1, 0.15) is 6.04 Å². The molecule has 7 heteroatoms. The Morgan fingerprint density at radius 1 is 1.30 bits per heavy atom. The molecule has 0 saturated heterocycles. The largest absolute Gasteiger partial charge is 0.481 e. The quantitative estimate of drug-likeness (QED) is 0.515. The number of hydrogen-bond donors (Lipinski definition) is 3. The second-order valence-corrected chi connectivity index (χ2v) is 4.07. The van der Waals surface area contributed by atoms with E-state index in [1.54, 1.807) is 19.2 Å². The highest BCUT2D eigenvalue weighted by atomic mass is 16.6. The number of carboxylic acids is 1. The maximum absolute atomic E-state index is 11.7. The van der Waals surface area contributed by atoms with Gasteiger partial charge in [0.15, 0.2) is 0 Å². The molecule has 0 aliphatic carbocycles. The Morgan fingerprint density at radius 3 is 2.40 bits per heavy atom. The molecule has 108 valence electrons. The van der Waals surface area contributed by atoms with Gasteiger partial charge in [-0.05, 0) is 30.7 Å². The number of carboxylic acid groups (broad SMARTS) is 1. The third-order valence-electron chi connectivity index (χ3n) is 2.57. The third-order valence-corrected chi connectivity index (χ3v) is 2.57. The van der Waals surface area contributed by atoms with E-state index in [1.807, 2.05) is 0 Å². The molecular weight excluding hydrogens is 264 g/mol. The number of carbonyl (C=O) groups is 3. The van der Waals surface area contributed by atoms with E-state index in [1.165, 1.54) is 12.1 Å². The van der Waals surface area contributed by atoms with Crippen LogP contribution in [0, 0.1) is 0 Å². The van der Waals surface area contributed by atoms with Gasteiger partial charge in [-0.2, -0.15) is 0 Å². The highest BCUT2D eigenvalue weighted by Crippen LogP contribution is 2.10. The molecule has 20 heavy (non-hydrogen) atoms. The van der Waals surface area contributed by atoms with Gasteiger partial charge in [0, 0.05) is 19.2 Å². The lowest BCUT2D eigenvalue weighted by Crippen LogP contribution is -2.34. The first-order valence-corrected chi connectivity index (χ1v) is 5.95. The van der Waals surface area contributed by atoms with Gasteiger partial charge in [-0.3, -0.25) is 4.79 Å². The third kappa shape index (κ3) is 4.69. The van der Waals surface area contributed by atoms with Crippen molar-refractivity contribution in [2.24, 2.45) is 5.73 Å². The lowest BCUT2D eigenvalue weighted by molar-refractivity contribution is -0.140. The molecule has 0 spiro atoms. The van der Waals surface area contributed by atoms with Gasteiger partial charge in [0.05, 0.1) is 5.56 Å². The molecule has 1 rings (SSSR count). The Labute approximate surface area is 115 Å². The zero-order chi connectivity index (χ0) is 15.1. The second-order valence-electron chi connectivity index (χ2n) is 4.07. The van der Waals surface area contributed by atoms with E-state index < -0.39 is 23.9 Å². The number of carbonyl (C=O) groups excluding carboxylic acids is 2. The van der Waals surface area contributed by atoms with E-state index in [4.69, 9.17) is 10.8 Å². The van der Waals surface area contributed by atoms with Crippen molar-refractivity contribution in [3.05, 3.63) is 29.8 Å². The summed E-state index contributed by atoms with van der Waals surface area (Å²) in [6.45, 7) is 0. The first-order valence-electron chi connectivity index (χ1n) is 5.95. The summed E-state index contributed by atoms with van der Waals surface area (Å²) in [6, 6.07) is 5.19. The van der Waals surface area contributed by atoms with Crippen molar-refractivity contribution in [2.75, 3.05) is 12.4 Å². The fourth-order valence-corrected chi connectivity index (χ4v) is 1.40. The maximum Gasteiger partial charge on any atom is 0.345 e. The lowest BCUT2D eigenvalue weighted by Gasteiger charge is -2.09. The SMILES string of the molecule is CNc1ccc(C(=O)OC(=O)C(N)CCC(=O)O)cc1.